The van der Waals surface area contributed by atoms with Gasteiger partial charge in [-0.15, -0.1) is 0 Å². The number of nitrogens with zero attached hydrogens (tertiary/aromatic N) is 1. The lowest BCUT2D eigenvalue weighted by molar-refractivity contribution is -0.162. The maximum atomic E-state index is 12.7. The SMILES string of the molecule is COC(=O)[C@H]1[C@@H](OC(c2ccccc2)c2ccc(C)cc2)C[C@H]2CC[C@@H]1N2C. The first kappa shape index (κ1) is 19.2. The molecule has 0 N–H and O–H groups in total. The third-order valence-electron chi connectivity index (χ3n) is 6.48. The predicted octanol–water partition coefficient (Wildman–Crippen LogP) is 4.13. The second-order valence-corrected chi connectivity index (χ2v) is 8.12. The van der Waals surface area contributed by atoms with Crippen molar-refractivity contribution in [2.45, 2.75) is 50.5 Å². The fourth-order valence-electron chi connectivity index (χ4n) is 4.90. The largest absolute Gasteiger partial charge is 0.469 e. The Hall–Kier alpha value is -2.17. The van der Waals surface area contributed by atoms with E-state index < -0.39 is 0 Å². The maximum absolute atomic E-state index is 12.7. The molecule has 2 bridgehead atoms. The summed E-state index contributed by atoms with van der Waals surface area (Å²) in [4.78, 5) is 15.0. The minimum absolute atomic E-state index is 0.146. The van der Waals surface area contributed by atoms with Crippen LogP contribution in [0.25, 0.3) is 0 Å². The van der Waals surface area contributed by atoms with Gasteiger partial charge in [0.2, 0.25) is 0 Å². The summed E-state index contributed by atoms with van der Waals surface area (Å²) in [6.07, 6.45) is 2.67. The van der Waals surface area contributed by atoms with E-state index in [2.05, 4.69) is 55.3 Å². The molecule has 0 amide bonds. The second-order valence-electron chi connectivity index (χ2n) is 8.12. The molecule has 4 heteroatoms. The molecule has 5 atom stereocenters. The Kier molecular flexibility index (Phi) is 5.51. The summed E-state index contributed by atoms with van der Waals surface area (Å²) in [7, 11) is 3.61. The maximum Gasteiger partial charge on any atom is 0.312 e. The van der Waals surface area contributed by atoms with Crippen molar-refractivity contribution in [3.05, 3.63) is 71.3 Å². The molecule has 4 rings (SSSR count). The zero-order valence-electron chi connectivity index (χ0n) is 16.9. The van der Waals surface area contributed by atoms with E-state index in [1.165, 1.54) is 12.7 Å². The number of hydrogen-bond acceptors (Lipinski definition) is 4. The van der Waals surface area contributed by atoms with Gasteiger partial charge in [-0.1, -0.05) is 60.2 Å². The van der Waals surface area contributed by atoms with Gasteiger partial charge in [-0.25, -0.2) is 0 Å². The van der Waals surface area contributed by atoms with Gasteiger partial charge in [0.1, 0.15) is 6.10 Å². The standard InChI is InChI=1S/C24H29NO3/c1-16-9-11-18(12-10-16)23(17-7-5-4-6-8-17)28-21-15-19-13-14-20(25(19)2)22(21)24(26)27-3/h4-12,19-23H,13-15H2,1-3H3/t19-,20+,21+,22-,23?/m1/s1. The molecule has 0 aliphatic carbocycles. The minimum Gasteiger partial charge on any atom is -0.469 e. The van der Waals surface area contributed by atoms with E-state index in [0.29, 0.717) is 6.04 Å². The molecule has 148 valence electrons. The number of carbonyl (C=O) groups excluding carboxylic acids is 1. The molecule has 2 aliphatic heterocycles. The van der Waals surface area contributed by atoms with Crippen molar-refractivity contribution in [2.24, 2.45) is 5.92 Å². The lowest BCUT2D eigenvalue weighted by Gasteiger charge is -2.42. The van der Waals surface area contributed by atoms with Crippen molar-refractivity contribution in [1.82, 2.24) is 4.90 Å². The first-order valence-electron chi connectivity index (χ1n) is 10.1. The van der Waals surface area contributed by atoms with Crippen molar-refractivity contribution in [1.29, 1.82) is 0 Å². The zero-order valence-corrected chi connectivity index (χ0v) is 16.9. The molecular weight excluding hydrogens is 350 g/mol. The number of hydrogen-bond donors (Lipinski definition) is 0. The number of carbonyl (C=O) groups is 1. The fraction of sp³-hybridized carbons (Fsp3) is 0.458. The Labute approximate surface area is 167 Å². The van der Waals surface area contributed by atoms with Gasteiger partial charge in [-0.3, -0.25) is 9.69 Å². The van der Waals surface area contributed by atoms with E-state index in [4.69, 9.17) is 9.47 Å². The van der Waals surface area contributed by atoms with Crippen LogP contribution in [0.2, 0.25) is 0 Å². The molecule has 2 heterocycles. The number of ether oxygens (including phenoxy) is 2. The predicted molar refractivity (Wildman–Crippen MR) is 109 cm³/mol. The quantitative estimate of drug-likeness (QED) is 0.733. The van der Waals surface area contributed by atoms with E-state index >= 15 is 0 Å². The van der Waals surface area contributed by atoms with Gasteiger partial charge < -0.3 is 9.47 Å². The molecule has 0 radical (unpaired) electrons. The summed E-state index contributed by atoms with van der Waals surface area (Å²) in [6, 6.07) is 19.5. The van der Waals surface area contributed by atoms with Crippen LogP contribution in [-0.2, 0) is 14.3 Å². The van der Waals surface area contributed by atoms with Crippen molar-refractivity contribution in [3.8, 4) is 0 Å². The van der Waals surface area contributed by atoms with Crippen LogP contribution in [0.1, 0.15) is 42.1 Å². The smallest absolute Gasteiger partial charge is 0.312 e. The van der Waals surface area contributed by atoms with E-state index in [1.54, 1.807) is 0 Å². The summed E-state index contributed by atoms with van der Waals surface area (Å²) in [6.45, 7) is 2.09. The highest BCUT2D eigenvalue weighted by atomic mass is 16.5. The van der Waals surface area contributed by atoms with Gasteiger partial charge in [0.15, 0.2) is 0 Å². The van der Waals surface area contributed by atoms with Gasteiger partial charge in [0, 0.05) is 12.1 Å². The van der Waals surface area contributed by atoms with E-state index in [-0.39, 0.29) is 30.1 Å². The Balaban J connectivity index is 1.67. The molecule has 0 aromatic heterocycles. The lowest BCUT2D eigenvalue weighted by atomic mass is 9.87. The van der Waals surface area contributed by atoms with Gasteiger partial charge in [-0.05, 0) is 44.4 Å². The molecule has 1 unspecified atom stereocenters. The van der Waals surface area contributed by atoms with Crippen LogP contribution in [0.3, 0.4) is 0 Å². The summed E-state index contributed by atoms with van der Waals surface area (Å²) < 4.78 is 11.9. The highest BCUT2D eigenvalue weighted by Gasteiger charge is 2.50. The van der Waals surface area contributed by atoms with Crippen LogP contribution in [0.4, 0.5) is 0 Å². The van der Waals surface area contributed by atoms with Gasteiger partial charge in [0.05, 0.1) is 19.1 Å². The molecule has 28 heavy (non-hydrogen) atoms. The van der Waals surface area contributed by atoms with E-state index in [0.717, 1.165) is 30.4 Å². The van der Waals surface area contributed by atoms with Crippen LogP contribution in [-0.4, -0.2) is 43.2 Å². The Morgan fingerprint density at radius 2 is 1.71 bits per heavy atom. The summed E-state index contributed by atoms with van der Waals surface area (Å²) in [5.41, 5.74) is 3.45. The van der Waals surface area contributed by atoms with Crippen molar-refractivity contribution >= 4 is 5.97 Å². The molecule has 2 aliphatic rings. The van der Waals surface area contributed by atoms with Crippen LogP contribution < -0.4 is 0 Å². The number of aryl methyl sites for hydroxylation is 1. The zero-order chi connectivity index (χ0) is 19.7. The Bertz CT molecular complexity index is 804. The molecule has 2 aromatic rings. The first-order chi connectivity index (χ1) is 13.6. The number of methoxy groups -OCH3 is 1. The number of rotatable bonds is 5. The van der Waals surface area contributed by atoms with Gasteiger partial charge >= 0.3 is 5.97 Å². The molecular formula is C24H29NO3. The molecule has 0 saturated carbocycles. The van der Waals surface area contributed by atoms with Crippen molar-refractivity contribution in [3.63, 3.8) is 0 Å². The summed E-state index contributed by atoms with van der Waals surface area (Å²) in [5, 5.41) is 0. The fourth-order valence-corrected chi connectivity index (χ4v) is 4.90. The van der Waals surface area contributed by atoms with E-state index in [1.807, 2.05) is 18.2 Å². The monoisotopic (exact) mass is 379 g/mol. The van der Waals surface area contributed by atoms with Crippen LogP contribution >= 0.6 is 0 Å². The van der Waals surface area contributed by atoms with Crippen LogP contribution in [0.5, 0.6) is 0 Å². The number of fused-ring (bicyclic) bond motifs is 2. The number of piperidine rings is 1. The first-order valence-corrected chi connectivity index (χ1v) is 10.1. The normalized spacial score (nSPS) is 28.1. The average Bonchev–Trinajstić information content (AvgIpc) is 2.96. The Morgan fingerprint density at radius 3 is 2.39 bits per heavy atom. The van der Waals surface area contributed by atoms with Crippen molar-refractivity contribution < 1.29 is 14.3 Å². The van der Waals surface area contributed by atoms with Crippen LogP contribution in [0, 0.1) is 12.8 Å². The van der Waals surface area contributed by atoms with Crippen molar-refractivity contribution in [2.75, 3.05) is 14.2 Å². The third kappa shape index (κ3) is 3.59. The van der Waals surface area contributed by atoms with E-state index in [9.17, 15) is 4.79 Å². The molecule has 2 aromatic carbocycles. The molecule has 0 spiro atoms. The van der Waals surface area contributed by atoms with Gasteiger partial charge in [0.25, 0.3) is 0 Å². The van der Waals surface area contributed by atoms with Gasteiger partial charge in [-0.2, -0.15) is 0 Å². The average molecular weight is 380 g/mol. The molecule has 2 fully saturated rings. The topological polar surface area (TPSA) is 38.8 Å². The summed E-state index contributed by atoms with van der Waals surface area (Å²) in [5.74, 6) is -0.400. The highest BCUT2D eigenvalue weighted by molar-refractivity contribution is 5.74. The second kappa shape index (κ2) is 8.06. The Morgan fingerprint density at radius 1 is 1.04 bits per heavy atom. The van der Waals surface area contributed by atoms with Crippen LogP contribution in [0.15, 0.2) is 54.6 Å². The number of esters is 1. The number of benzene rings is 2. The molecule has 4 nitrogen and oxygen atoms in total. The highest BCUT2D eigenvalue weighted by Crippen LogP contribution is 2.42. The third-order valence-corrected chi connectivity index (χ3v) is 6.48. The lowest BCUT2D eigenvalue weighted by Crippen LogP contribution is -2.53. The summed E-state index contributed by atoms with van der Waals surface area (Å²) >= 11 is 0. The minimum atomic E-state index is -0.245. The molecule has 2 saturated heterocycles.